The number of thiazole rings is 1. The van der Waals surface area contributed by atoms with Crippen molar-refractivity contribution in [2.45, 2.75) is 33.9 Å². The van der Waals surface area contributed by atoms with Crippen LogP contribution in [0.5, 0.6) is 0 Å². The van der Waals surface area contributed by atoms with Gasteiger partial charge in [0.2, 0.25) is 0 Å². The van der Waals surface area contributed by atoms with Crippen molar-refractivity contribution >= 4 is 47.2 Å². The monoisotopic (exact) mass is 544 g/mol. The van der Waals surface area contributed by atoms with Crippen LogP contribution in [0.2, 0.25) is 0 Å². The molecular formula is C21H33IN6OS. The molecule has 0 aliphatic rings. The molecule has 30 heavy (non-hydrogen) atoms. The third-order valence-electron chi connectivity index (χ3n) is 4.21. The average Bonchev–Trinajstić information content (AvgIpc) is 3.01. The van der Waals surface area contributed by atoms with Gasteiger partial charge < -0.3 is 20.9 Å². The fourth-order valence-electron chi connectivity index (χ4n) is 2.72. The van der Waals surface area contributed by atoms with Gasteiger partial charge in [-0.2, -0.15) is 0 Å². The summed E-state index contributed by atoms with van der Waals surface area (Å²) >= 11 is 1.70. The van der Waals surface area contributed by atoms with Crippen LogP contribution in [0.3, 0.4) is 0 Å². The number of carbonyl (C=O) groups is 1. The Balaban J connectivity index is 0.00000450. The van der Waals surface area contributed by atoms with Gasteiger partial charge in [-0.05, 0) is 52.6 Å². The highest BCUT2D eigenvalue weighted by Crippen LogP contribution is 2.16. The summed E-state index contributed by atoms with van der Waals surface area (Å²) in [6.45, 7) is 9.49. The highest BCUT2D eigenvalue weighted by Gasteiger charge is 2.08. The van der Waals surface area contributed by atoms with E-state index in [1.54, 1.807) is 11.3 Å². The summed E-state index contributed by atoms with van der Waals surface area (Å²) < 4.78 is 0. The van der Waals surface area contributed by atoms with Gasteiger partial charge in [0.15, 0.2) is 5.96 Å². The van der Waals surface area contributed by atoms with Gasteiger partial charge in [-0.1, -0.05) is 12.1 Å². The van der Waals surface area contributed by atoms with Crippen molar-refractivity contribution < 1.29 is 4.79 Å². The molecule has 7 nitrogen and oxygen atoms in total. The second kappa shape index (κ2) is 13.6. The van der Waals surface area contributed by atoms with E-state index in [1.165, 1.54) is 4.88 Å². The first kappa shape index (κ1) is 26.3. The summed E-state index contributed by atoms with van der Waals surface area (Å²) in [6.07, 6.45) is 0. The van der Waals surface area contributed by atoms with Crippen molar-refractivity contribution in [3.05, 3.63) is 51.0 Å². The van der Waals surface area contributed by atoms with E-state index in [0.29, 0.717) is 25.2 Å². The molecule has 0 unspecified atom stereocenters. The molecule has 0 bridgehead atoms. The fraction of sp³-hybridized carbons (Fsp3) is 0.476. The van der Waals surface area contributed by atoms with Gasteiger partial charge >= 0.3 is 0 Å². The van der Waals surface area contributed by atoms with Gasteiger partial charge in [0.05, 0.1) is 23.8 Å². The summed E-state index contributed by atoms with van der Waals surface area (Å²) in [5.41, 5.74) is 2.71. The van der Waals surface area contributed by atoms with E-state index in [1.807, 2.05) is 64.0 Å². The minimum absolute atomic E-state index is 0. The molecule has 0 radical (unpaired) electrons. The second-order valence-corrected chi connectivity index (χ2v) is 8.34. The Hall–Kier alpha value is -1.72. The highest BCUT2D eigenvalue weighted by atomic mass is 127. The predicted octanol–water partition coefficient (Wildman–Crippen LogP) is 2.92. The number of guanidine groups is 1. The number of halogens is 1. The zero-order valence-electron chi connectivity index (χ0n) is 18.4. The number of aryl methyl sites for hydroxylation is 2. The number of hydrogen-bond acceptors (Lipinski definition) is 5. The lowest BCUT2D eigenvalue weighted by Gasteiger charge is -2.12. The molecule has 0 atom stereocenters. The number of rotatable bonds is 9. The Morgan fingerprint density at radius 2 is 1.97 bits per heavy atom. The van der Waals surface area contributed by atoms with Crippen molar-refractivity contribution in [2.75, 3.05) is 33.7 Å². The zero-order chi connectivity index (χ0) is 21.2. The standard InChI is InChI=1S/C21H32N6OS.HI/c1-6-22-21(25-14-19-15(2)26-16(3)29-19)24-13-17-8-7-9-18(12-17)20(28)23-10-11-27(4)5;/h7-9,12H,6,10-11,13-14H2,1-5H3,(H,23,28)(H2,22,24,25);1H. The Morgan fingerprint density at radius 1 is 1.20 bits per heavy atom. The van der Waals surface area contributed by atoms with E-state index in [0.717, 1.165) is 35.3 Å². The molecule has 166 valence electrons. The SMILES string of the molecule is CCNC(=NCc1cccc(C(=O)NCCN(C)C)c1)NCc1sc(C)nc1C.I. The van der Waals surface area contributed by atoms with Crippen LogP contribution < -0.4 is 16.0 Å². The lowest BCUT2D eigenvalue weighted by atomic mass is 10.1. The minimum atomic E-state index is -0.0567. The third-order valence-corrected chi connectivity index (χ3v) is 5.29. The lowest BCUT2D eigenvalue weighted by Crippen LogP contribution is -2.36. The average molecular weight is 545 g/mol. The zero-order valence-corrected chi connectivity index (χ0v) is 21.6. The molecule has 1 aromatic carbocycles. The molecule has 0 spiro atoms. The number of aliphatic imine (C=N–C) groups is 1. The quantitative estimate of drug-likeness (QED) is 0.257. The van der Waals surface area contributed by atoms with Gasteiger partial charge in [-0.25, -0.2) is 9.98 Å². The van der Waals surface area contributed by atoms with Gasteiger partial charge in [0.25, 0.3) is 5.91 Å². The predicted molar refractivity (Wildman–Crippen MR) is 136 cm³/mol. The summed E-state index contributed by atoms with van der Waals surface area (Å²) in [5.74, 6) is 0.692. The maximum Gasteiger partial charge on any atom is 0.251 e. The Labute approximate surface area is 200 Å². The summed E-state index contributed by atoms with van der Waals surface area (Å²) in [4.78, 5) is 24.7. The molecule has 2 aromatic rings. The third kappa shape index (κ3) is 8.97. The molecule has 0 saturated carbocycles. The first-order valence-corrected chi connectivity index (χ1v) is 10.7. The Bertz CT molecular complexity index is 837. The normalized spacial score (nSPS) is 11.2. The van der Waals surface area contributed by atoms with E-state index >= 15 is 0 Å². The summed E-state index contributed by atoms with van der Waals surface area (Å²) in [7, 11) is 3.97. The maximum absolute atomic E-state index is 12.3. The van der Waals surface area contributed by atoms with Crippen LogP contribution in [0.15, 0.2) is 29.3 Å². The molecule has 0 saturated heterocycles. The van der Waals surface area contributed by atoms with Crippen LogP contribution >= 0.6 is 35.3 Å². The van der Waals surface area contributed by atoms with Crippen molar-refractivity contribution in [1.82, 2.24) is 25.8 Å². The first-order valence-electron chi connectivity index (χ1n) is 9.86. The fourth-order valence-corrected chi connectivity index (χ4v) is 3.60. The van der Waals surface area contributed by atoms with Gasteiger partial charge in [0, 0.05) is 30.1 Å². The molecule has 2 rings (SSSR count). The molecule has 1 heterocycles. The van der Waals surface area contributed by atoms with Crippen LogP contribution in [0.4, 0.5) is 0 Å². The smallest absolute Gasteiger partial charge is 0.251 e. The topological polar surface area (TPSA) is 81.7 Å². The number of likely N-dealkylation sites (N-methyl/N-ethyl adjacent to an activating group) is 1. The van der Waals surface area contributed by atoms with Crippen LogP contribution in [-0.4, -0.2) is 55.5 Å². The van der Waals surface area contributed by atoms with Crippen LogP contribution in [0, 0.1) is 13.8 Å². The number of nitrogens with one attached hydrogen (secondary N) is 3. The van der Waals surface area contributed by atoms with Crippen LogP contribution in [0.25, 0.3) is 0 Å². The van der Waals surface area contributed by atoms with E-state index in [4.69, 9.17) is 0 Å². The van der Waals surface area contributed by atoms with E-state index in [9.17, 15) is 4.79 Å². The number of nitrogens with zero attached hydrogens (tertiary/aromatic N) is 3. The molecule has 0 aliphatic heterocycles. The second-order valence-electron chi connectivity index (χ2n) is 7.05. The van der Waals surface area contributed by atoms with E-state index < -0.39 is 0 Å². The molecule has 1 aromatic heterocycles. The van der Waals surface area contributed by atoms with Gasteiger partial charge in [0.1, 0.15) is 0 Å². The molecule has 1 amide bonds. The maximum atomic E-state index is 12.3. The van der Waals surface area contributed by atoms with Crippen molar-refractivity contribution in [2.24, 2.45) is 4.99 Å². The highest BCUT2D eigenvalue weighted by molar-refractivity contribution is 14.0. The summed E-state index contributed by atoms with van der Waals surface area (Å²) in [5, 5.41) is 10.6. The Kier molecular flexibility index (Phi) is 11.9. The molecular weight excluding hydrogens is 511 g/mol. The molecule has 0 aliphatic carbocycles. The first-order chi connectivity index (χ1) is 13.9. The number of hydrogen-bond donors (Lipinski definition) is 3. The van der Waals surface area contributed by atoms with Crippen molar-refractivity contribution in [1.29, 1.82) is 0 Å². The molecule has 0 fully saturated rings. The van der Waals surface area contributed by atoms with E-state index in [-0.39, 0.29) is 29.9 Å². The van der Waals surface area contributed by atoms with Crippen molar-refractivity contribution in [3.8, 4) is 0 Å². The van der Waals surface area contributed by atoms with E-state index in [2.05, 4.69) is 25.9 Å². The molecule has 3 N–H and O–H groups in total. The summed E-state index contributed by atoms with van der Waals surface area (Å²) in [6, 6.07) is 7.61. The largest absolute Gasteiger partial charge is 0.357 e. The number of benzene rings is 1. The number of carbonyl (C=O) groups excluding carboxylic acids is 1. The van der Waals surface area contributed by atoms with Crippen LogP contribution in [-0.2, 0) is 13.1 Å². The molecule has 9 heteroatoms. The Morgan fingerprint density at radius 3 is 2.60 bits per heavy atom. The van der Waals surface area contributed by atoms with Crippen LogP contribution in [0.1, 0.15) is 38.4 Å². The number of amides is 1. The minimum Gasteiger partial charge on any atom is -0.357 e. The lowest BCUT2D eigenvalue weighted by molar-refractivity contribution is 0.0951. The van der Waals surface area contributed by atoms with Gasteiger partial charge in [-0.3, -0.25) is 4.79 Å². The number of aromatic nitrogens is 1. The van der Waals surface area contributed by atoms with Crippen molar-refractivity contribution in [3.63, 3.8) is 0 Å². The van der Waals surface area contributed by atoms with Gasteiger partial charge in [-0.15, -0.1) is 35.3 Å².